The number of rotatable bonds is 10. The highest BCUT2D eigenvalue weighted by atomic mass is 16.5. The van der Waals surface area contributed by atoms with Gasteiger partial charge < -0.3 is 14.5 Å². The van der Waals surface area contributed by atoms with Gasteiger partial charge in [0.1, 0.15) is 5.75 Å². The predicted molar refractivity (Wildman–Crippen MR) is 146 cm³/mol. The van der Waals surface area contributed by atoms with Gasteiger partial charge in [-0.2, -0.15) is 0 Å². The predicted octanol–water partition coefficient (Wildman–Crippen LogP) is 4.47. The standard InChI is InChI=1S/C29H36N6O3/c1-5-25(28-31-32-33-35(28)18-23-10-8-14-38-23)34(16-21-9-6-7-11-26(21)37-4)17-22-15-24-19(2)12-13-20(3)27(24)30-29(22)36/h6-7,9,11-13,15,23,25H,5,8,10,14,16-18H2,1-4H3,(H,30,36)/t23-,25-/m1/s1. The second-order valence-electron chi connectivity index (χ2n) is 10.1. The van der Waals surface area contributed by atoms with E-state index in [9.17, 15) is 4.79 Å². The second kappa shape index (κ2) is 11.4. The first-order chi connectivity index (χ1) is 18.5. The quantitative estimate of drug-likeness (QED) is 0.332. The normalized spacial score (nSPS) is 16.4. The molecule has 0 saturated carbocycles. The van der Waals surface area contributed by atoms with Crippen molar-refractivity contribution in [3.63, 3.8) is 0 Å². The third kappa shape index (κ3) is 5.35. The zero-order chi connectivity index (χ0) is 26.6. The van der Waals surface area contributed by atoms with E-state index in [0.717, 1.165) is 65.0 Å². The number of hydrogen-bond donors (Lipinski definition) is 1. The summed E-state index contributed by atoms with van der Waals surface area (Å²) in [5.41, 5.74) is 4.74. The SMILES string of the molecule is CC[C@H](c1nnnn1C[C@H]1CCCO1)N(Cc1ccccc1OC)Cc1cc2c(C)ccc(C)c2[nH]c1=O. The molecule has 3 heterocycles. The van der Waals surface area contributed by atoms with E-state index >= 15 is 0 Å². The van der Waals surface area contributed by atoms with Crippen LogP contribution in [0.4, 0.5) is 0 Å². The van der Waals surface area contributed by atoms with Gasteiger partial charge in [0.05, 0.1) is 31.3 Å². The van der Waals surface area contributed by atoms with Crippen molar-refractivity contribution >= 4 is 10.9 Å². The van der Waals surface area contributed by atoms with Gasteiger partial charge in [-0.1, -0.05) is 37.3 Å². The molecule has 200 valence electrons. The van der Waals surface area contributed by atoms with Crippen molar-refractivity contribution in [1.82, 2.24) is 30.1 Å². The largest absolute Gasteiger partial charge is 0.496 e. The number of methoxy groups -OCH3 is 1. The Balaban J connectivity index is 1.55. The number of H-pyrrole nitrogens is 1. The van der Waals surface area contributed by atoms with Crippen molar-refractivity contribution in [3.8, 4) is 5.75 Å². The number of hydrogen-bond acceptors (Lipinski definition) is 7. The topological polar surface area (TPSA) is 98.2 Å². The maximum atomic E-state index is 13.3. The summed E-state index contributed by atoms with van der Waals surface area (Å²) in [5, 5.41) is 13.9. The van der Waals surface area contributed by atoms with Gasteiger partial charge in [0.25, 0.3) is 5.56 Å². The maximum absolute atomic E-state index is 13.3. The summed E-state index contributed by atoms with van der Waals surface area (Å²) >= 11 is 0. The summed E-state index contributed by atoms with van der Waals surface area (Å²) in [6.07, 6.45) is 2.95. The molecule has 0 unspecified atom stereocenters. The van der Waals surface area contributed by atoms with Crippen LogP contribution in [0.5, 0.6) is 5.75 Å². The Kier molecular flexibility index (Phi) is 7.85. The lowest BCUT2D eigenvalue weighted by molar-refractivity contribution is 0.0887. The van der Waals surface area contributed by atoms with Gasteiger partial charge in [0.15, 0.2) is 5.82 Å². The summed E-state index contributed by atoms with van der Waals surface area (Å²) in [4.78, 5) is 18.7. The second-order valence-corrected chi connectivity index (χ2v) is 10.1. The first-order valence-electron chi connectivity index (χ1n) is 13.3. The number of pyridine rings is 1. The summed E-state index contributed by atoms with van der Waals surface area (Å²) in [6, 6.07) is 14.1. The first kappa shape index (κ1) is 26.1. The molecule has 0 amide bonds. The molecule has 9 heteroatoms. The Morgan fingerprint density at radius 2 is 1.95 bits per heavy atom. The molecule has 4 aromatic rings. The molecule has 1 aliphatic rings. The van der Waals surface area contributed by atoms with Crippen molar-refractivity contribution in [1.29, 1.82) is 0 Å². The molecule has 9 nitrogen and oxygen atoms in total. The highest BCUT2D eigenvalue weighted by molar-refractivity contribution is 5.85. The smallest absolute Gasteiger partial charge is 0.252 e. The molecular formula is C29H36N6O3. The van der Waals surface area contributed by atoms with Crippen molar-refractivity contribution in [2.75, 3.05) is 13.7 Å². The van der Waals surface area contributed by atoms with Crippen LogP contribution in [0, 0.1) is 13.8 Å². The zero-order valence-corrected chi connectivity index (χ0v) is 22.6. The summed E-state index contributed by atoms with van der Waals surface area (Å²) in [6.45, 7) is 8.63. The van der Waals surface area contributed by atoms with Crippen LogP contribution in [-0.2, 0) is 24.4 Å². The van der Waals surface area contributed by atoms with Gasteiger partial charge in [-0.3, -0.25) is 9.69 Å². The number of aromatic amines is 1. The molecule has 2 atom stereocenters. The molecule has 0 spiro atoms. The Morgan fingerprint density at radius 1 is 1.16 bits per heavy atom. The molecule has 38 heavy (non-hydrogen) atoms. The van der Waals surface area contributed by atoms with Crippen molar-refractivity contribution in [2.45, 2.75) is 71.8 Å². The fraction of sp³-hybridized carbons (Fsp3) is 0.448. The van der Waals surface area contributed by atoms with Crippen molar-refractivity contribution < 1.29 is 9.47 Å². The molecule has 1 N–H and O–H groups in total. The molecule has 1 saturated heterocycles. The van der Waals surface area contributed by atoms with Crippen LogP contribution in [0.2, 0.25) is 0 Å². The molecule has 1 aliphatic heterocycles. The number of benzene rings is 2. The van der Waals surface area contributed by atoms with Gasteiger partial charge in [-0.05, 0) is 66.8 Å². The van der Waals surface area contributed by atoms with Crippen molar-refractivity contribution in [2.24, 2.45) is 0 Å². The number of aromatic nitrogens is 5. The monoisotopic (exact) mass is 516 g/mol. The number of nitrogens with one attached hydrogen (secondary N) is 1. The molecule has 0 bridgehead atoms. The average molecular weight is 517 g/mol. The van der Waals surface area contributed by atoms with E-state index in [-0.39, 0.29) is 17.7 Å². The highest BCUT2D eigenvalue weighted by Crippen LogP contribution is 2.30. The van der Waals surface area contributed by atoms with E-state index in [2.05, 4.69) is 51.4 Å². The van der Waals surface area contributed by atoms with Crippen LogP contribution in [0.25, 0.3) is 10.9 Å². The number of para-hydroxylation sites is 1. The zero-order valence-electron chi connectivity index (χ0n) is 22.6. The van der Waals surface area contributed by atoms with Crippen LogP contribution in [0.1, 0.15) is 60.3 Å². The van der Waals surface area contributed by atoms with Crippen LogP contribution in [-0.4, -0.2) is 49.9 Å². The van der Waals surface area contributed by atoms with E-state index < -0.39 is 0 Å². The van der Waals surface area contributed by atoms with Crippen LogP contribution in [0.3, 0.4) is 0 Å². The molecule has 1 fully saturated rings. The molecule has 2 aromatic heterocycles. The van der Waals surface area contributed by atoms with E-state index in [1.807, 2.05) is 41.9 Å². The third-order valence-electron chi connectivity index (χ3n) is 7.55. The summed E-state index contributed by atoms with van der Waals surface area (Å²) in [5.74, 6) is 1.59. The van der Waals surface area contributed by atoms with E-state index in [1.54, 1.807) is 7.11 Å². The average Bonchev–Trinajstić information content (AvgIpc) is 3.61. The summed E-state index contributed by atoms with van der Waals surface area (Å²) < 4.78 is 13.4. The van der Waals surface area contributed by atoms with E-state index in [1.165, 1.54) is 0 Å². The van der Waals surface area contributed by atoms with Gasteiger partial charge in [0, 0.05) is 36.2 Å². The van der Waals surface area contributed by atoms with Gasteiger partial charge in [-0.15, -0.1) is 5.10 Å². The molecule has 0 radical (unpaired) electrons. The van der Waals surface area contributed by atoms with Crippen molar-refractivity contribution in [3.05, 3.63) is 80.9 Å². The van der Waals surface area contributed by atoms with E-state index in [4.69, 9.17) is 9.47 Å². The van der Waals surface area contributed by atoms with Gasteiger partial charge in [-0.25, -0.2) is 4.68 Å². The van der Waals surface area contributed by atoms with E-state index in [0.29, 0.717) is 25.2 Å². The van der Waals surface area contributed by atoms with Gasteiger partial charge in [0.2, 0.25) is 0 Å². The lowest BCUT2D eigenvalue weighted by Crippen LogP contribution is -2.33. The number of ether oxygens (including phenoxy) is 2. The number of nitrogens with zero attached hydrogens (tertiary/aromatic N) is 5. The lowest BCUT2D eigenvalue weighted by Gasteiger charge is -2.31. The first-order valence-corrected chi connectivity index (χ1v) is 13.3. The minimum absolute atomic E-state index is 0.0787. The molecule has 0 aliphatic carbocycles. The molecule has 5 rings (SSSR count). The minimum Gasteiger partial charge on any atom is -0.496 e. The Hall–Kier alpha value is -3.56. The Labute approximate surface area is 222 Å². The molecular weight excluding hydrogens is 480 g/mol. The fourth-order valence-corrected chi connectivity index (χ4v) is 5.45. The Bertz CT molecular complexity index is 1460. The van der Waals surface area contributed by atoms with Crippen LogP contribution < -0.4 is 10.3 Å². The highest BCUT2D eigenvalue weighted by Gasteiger charge is 2.28. The Morgan fingerprint density at radius 3 is 2.71 bits per heavy atom. The maximum Gasteiger partial charge on any atom is 0.252 e. The summed E-state index contributed by atoms with van der Waals surface area (Å²) in [7, 11) is 1.68. The number of tetrazole rings is 1. The lowest BCUT2D eigenvalue weighted by atomic mass is 10.0. The third-order valence-corrected chi connectivity index (χ3v) is 7.55. The van der Waals surface area contributed by atoms with Crippen LogP contribution in [0.15, 0.2) is 47.3 Å². The number of aryl methyl sites for hydroxylation is 2. The number of fused-ring (bicyclic) bond motifs is 1. The van der Waals surface area contributed by atoms with Crippen LogP contribution >= 0.6 is 0 Å². The van der Waals surface area contributed by atoms with Gasteiger partial charge >= 0.3 is 0 Å². The molecule has 2 aromatic carbocycles. The fourth-order valence-electron chi connectivity index (χ4n) is 5.45. The minimum atomic E-state index is -0.120.